The smallest absolute Gasteiger partial charge is 0.165 e. The standard InChI is InChI=1S/C15H16N4O/c1-15(10-20,11-5-3-2-4-6-11)19-14-8-7-12(17)13(9-16)18-14/h2-8,20H,10,17H2,1H3,(H,18,19). The molecule has 4 N–H and O–H groups in total. The lowest BCUT2D eigenvalue weighted by Crippen LogP contribution is -2.36. The monoisotopic (exact) mass is 268 g/mol. The van der Waals surface area contributed by atoms with Crippen molar-refractivity contribution in [1.29, 1.82) is 5.26 Å². The molecule has 0 bridgehead atoms. The molecule has 0 aliphatic carbocycles. The van der Waals surface area contributed by atoms with E-state index in [2.05, 4.69) is 10.3 Å². The Kier molecular flexibility index (Phi) is 3.87. The second-order valence-electron chi connectivity index (χ2n) is 4.73. The van der Waals surface area contributed by atoms with Gasteiger partial charge in [0.05, 0.1) is 17.8 Å². The van der Waals surface area contributed by atoms with Gasteiger partial charge in [0.15, 0.2) is 5.69 Å². The second kappa shape index (κ2) is 5.59. The van der Waals surface area contributed by atoms with Gasteiger partial charge in [-0.15, -0.1) is 0 Å². The Bertz CT molecular complexity index is 636. The van der Waals surface area contributed by atoms with Crippen LogP contribution in [0.5, 0.6) is 0 Å². The van der Waals surface area contributed by atoms with Crippen LogP contribution in [0.15, 0.2) is 42.5 Å². The molecule has 0 aliphatic heterocycles. The molecule has 0 aliphatic rings. The Hall–Kier alpha value is -2.58. The highest BCUT2D eigenvalue weighted by Crippen LogP contribution is 2.25. The highest BCUT2D eigenvalue weighted by molar-refractivity contribution is 5.55. The second-order valence-corrected chi connectivity index (χ2v) is 4.73. The fourth-order valence-electron chi connectivity index (χ4n) is 1.92. The minimum Gasteiger partial charge on any atom is -0.396 e. The van der Waals surface area contributed by atoms with Crippen LogP contribution >= 0.6 is 0 Å². The molecule has 20 heavy (non-hydrogen) atoms. The summed E-state index contributed by atoms with van der Waals surface area (Å²) in [6.45, 7) is 1.76. The summed E-state index contributed by atoms with van der Waals surface area (Å²) in [5.74, 6) is 0.496. The van der Waals surface area contributed by atoms with Crippen LogP contribution < -0.4 is 11.1 Å². The lowest BCUT2D eigenvalue weighted by atomic mass is 9.93. The zero-order chi connectivity index (χ0) is 14.6. The van der Waals surface area contributed by atoms with Crippen LogP contribution in [0.25, 0.3) is 0 Å². The molecule has 0 fully saturated rings. The van der Waals surface area contributed by atoms with Crippen molar-refractivity contribution < 1.29 is 5.11 Å². The number of rotatable bonds is 4. The molecule has 1 atom stereocenters. The van der Waals surface area contributed by atoms with Gasteiger partial charge in [-0.05, 0) is 24.6 Å². The van der Waals surface area contributed by atoms with E-state index in [-0.39, 0.29) is 12.3 Å². The molecule has 102 valence electrons. The van der Waals surface area contributed by atoms with E-state index in [9.17, 15) is 5.11 Å². The summed E-state index contributed by atoms with van der Waals surface area (Å²) < 4.78 is 0. The predicted octanol–water partition coefficient (Wildman–Crippen LogP) is 1.86. The summed E-state index contributed by atoms with van der Waals surface area (Å²) in [6.07, 6.45) is 0. The van der Waals surface area contributed by atoms with Gasteiger partial charge in [0, 0.05) is 0 Å². The topological polar surface area (TPSA) is 95.0 Å². The van der Waals surface area contributed by atoms with Gasteiger partial charge in [-0.2, -0.15) is 5.26 Å². The molecule has 5 nitrogen and oxygen atoms in total. The summed E-state index contributed by atoms with van der Waals surface area (Å²) in [7, 11) is 0. The number of hydrogen-bond donors (Lipinski definition) is 3. The molecule has 1 unspecified atom stereocenters. The van der Waals surface area contributed by atoms with E-state index < -0.39 is 5.54 Å². The number of nitriles is 1. The van der Waals surface area contributed by atoms with E-state index in [1.165, 1.54) is 0 Å². The van der Waals surface area contributed by atoms with Gasteiger partial charge >= 0.3 is 0 Å². The molecule has 0 amide bonds. The van der Waals surface area contributed by atoms with Crippen molar-refractivity contribution in [1.82, 2.24) is 4.98 Å². The van der Waals surface area contributed by atoms with Crippen LogP contribution in [-0.4, -0.2) is 16.7 Å². The molecule has 0 radical (unpaired) electrons. The number of nitrogens with two attached hydrogens (primary N) is 1. The first-order valence-corrected chi connectivity index (χ1v) is 6.20. The number of nitrogens with one attached hydrogen (secondary N) is 1. The molecule has 1 aromatic carbocycles. The van der Waals surface area contributed by atoms with E-state index in [0.29, 0.717) is 11.5 Å². The van der Waals surface area contributed by atoms with Crippen LogP contribution in [0.4, 0.5) is 11.5 Å². The zero-order valence-electron chi connectivity index (χ0n) is 11.2. The number of aromatic nitrogens is 1. The molecule has 1 aromatic heterocycles. The fourth-order valence-corrected chi connectivity index (χ4v) is 1.92. The normalized spacial score (nSPS) is 13.2. The van der Waals surface area contributed by atoms with E-state index in [0.717, 1.165) is 5.56 Å². The maximum absolute atomic E-state index is 9.70. The van der Waals surface area contributed by atoms with Gasteiger partial charge in [-0.25, -0.2) is 4.98 Å². The highest BCUT2D eigenvalue weighted by atomic mass is 16.3. The molecule has 0 saturated carbocycles. The molecule has 2 aromatic rings. The summed E-state index contributed by atoms with van der Waals surface area (Å²) >= 11 is 0. The Morgan fingerprint density at radius 1 is 1.30 bits per heavy atom. The third kappa shape index (κ3) is 2.71. The minimum absolute atomic E-state index is 0.106. The first kappa shape index (κ1) is 13.8. The Morgan fingerprint density at radius 3 is 2.60 bits per heavy atom. The van der Waals surface area contributed by atoms with Gasteiger partial charge < -0.3 is 16.2 Å². The van der Waals surface area contributed by atoms with Crippen LogP contribution in [0.2, 0.25) is 0 Å². The first-order chi connectivity index (χ1) is 9.59. The number of benzene rings is 1. The maximum Gasteiger partial charge on any atom is 0.165 e. The molecular weight excluding hydrogens is 252 g/mol. The van der Waals surface area contributed by atoms with Crippen molar-refractivity contribution in [2.45, 2.75) is 12.5 Å². The van der Waals surface area contributed by atoms with Crippen molar-refractivity contribution >= 4 is 11.5 Å². The quantitative estimate of drug-likeness (QED) is 0.786. The van der Waals surface area contributed by atoms with Gasteiger partial charge in [-0.1, -0.05) is 30.3 Å². The van der Waals surface area contributed by atoms with E-state index >= 15 is 0 Å². The van der Waals surface area contributed by atoms with Crippen molar-refractivity contribution in [3.8, 4) is 6.07 Å². The summed E-state index contributed by atoms with van der Waals surface area (Å²) in [6, 6.07) is 14.8. The number of anilines is 2. The number of hydrogen-bond acceptors (Lipinski definition) is 5. The van der Waals surface area contributed by atoms with Crippen LogP contribution in [0.1, 0.15) is 18.2 Å². The van der Waals surface area contributed by atoms with Gasteiger partial charge in [0.25, 0.3) is 0 Å². The number of nitrogen functional groups attached to an aromatic ring is 1. The fraction of sp³-hybridized carbons (Fsp3) is 0.200. The van der Waals surface area contributed by atoms with E-state index in [1.54, 1.807) is 12.1 Å². The number of aliphatic hydroxyl groups excluding tert-OH is 1. The molecule has 2 rings (SSSR count). The molecular formula is C15H16N4O. The van der Waals surface area contributed by atoms with Crippen molar-refractivity contribution in [3.05, 3.63) is 53.7 Å². The van der Waals surface area contributed by atoms with E-state index in [1.807, 2.05) is 43.3 Å². The number of aliphatic hydroxyl groups is 1. The van der Waals surface area contributed by atoms with Crippen LogP contribution in [0, 0.1) is 11.3 Å². The number of nitrogens with zero attached hydrogens (tertiary/aromatic N) is 2. The largest absolute Gasteiger partial charge is 0.396 e. The molecule has 1 heterocycles. The summed E-state index contributed by atoms with van der Waals surface area (Å²) in [5.41, 5.74) is 6.40. The summed E-state index contributed by atoms with van der Waals surface area (Å²) in [5, 5.41) is 21.8. The van der Waals surface area contributed by atoms with Crippen molar-refractivity contribution in [3.63, 3.8) is 0 Å². The Balaban J connectivity index is 2.34. The molecule has 0 spiro atoms. The number of pyridine rings is 1. The van der Waals surface area contributed by atoms with Crippen molar-refractivity contribution in [2.24, 2.45) is 0 Å². The van der Waals surface area contributed by atoms with Gasteiger partial charge in [0.2, 0.25) is 0 Å². The van der Waals surface area contributed by atoms with Crippen molar-refractivity contribution in [2.75, 3.05) is 17.7 Å². The predicted molar refractivity (Wildman–Crippen MR) is 77.9 cm³/mol. The van der Waals surface area contributed by atoms with E-state index in [4.69, 9.17) is 11.0 Å². The van der Waals surface area contributed by atoms with Gasteiger partial charge in [0.1, 0.15) is 11.9 Å². The average Bonchev–Trinajstić information content (AvgIpc) is 2.50. The lowest BCUT2D eigenvalue weighted by molar-refractivity contribution is 0.223. The SMILES string of the molecule is CC(CO)(Nc1ccc(N)c(C#N)n1)c1ccccc1. The van der Waals surface area contributed by atoms with Crippen LogP contribution in [-0.2, 0) is 5.54 Å². The van der Waals surface area contributed by atoms with Crippen LogP contribution in [0.3, 0.4) is 0 Å². The Labute approximate surface area is 117 Å². The molecule has 5 heteroatoms. The first-order valence-electron chi connectivity index (χ1n) is 6.20. The third-order valence-corrected chi connectivity index (χ3v) is 3.16. The van der Waals surface area contributed by atoms with Gasteiger partial charge in [-0.3, -0.25) is 0 Å². The Morgan fingerprint density at radius 2 is 2.00 bits per heavy atom. The maximum atomic E-state index is 9.70. The molecule has 0 saturated heterocycles. The lowest BCUT2D eigenvalue weighted by Gasteiger charge is -2.30. The highest BCUT2D eigenvalue weighted by Gasteiger charge is 2.26. The zero-order valence-corrected chi connectivity index (χ0v) is 11.2. The third-order valence-electron chi connectivity index (χ3n) is 3.16. The minimum atomic E-state index is -0.683. The summed E-state index contributed by atoms with van der Waals surface area (Å²) in [4.78, 5) is 4.14. The average molecular weight is 268 g/mol.